The zero-order valence-corrected chi connectivity index (χ0v) is 11.5. The van der Waals surface area contributed by atoms with E-state index in [4.69, 9.17) is 5.73 Å². The van der Waals surface area contributed by atoms with Crippen LogP contribution < -0.4 is 11.1 Å². The van der Waals surface area contributed by atoms with Crippen molar-refractivity contribution >= 4 is 11.9 Å². The van der Waals surface area contributed by atoms with Crippen LogP contribution in [-0.2, 0) is 9.59 Å². The van der Waals surface area contributed by atoms with E-state index in [-0.39, 0.29) is 5.91 Å². The summed E-state index contributed by atoms with van der Waals surface area (Å²) in [5.41, 5.74) is 5.87. The average Bonchev–Trinajstić information content (AvgIpc) is 2.41. The fourth-order valence-corrected chi connectivity index (χ4v) is 2.40. The summed E-state index contributed by atoms with van der Waals surface area (Å²) in [6.07, 6.45) is 1.80. The number of amides is 1. The predicted molar refractivity (Wildman–Crippen MR) is 74.9 cm³/mol. The predicted octanol–water partition coefficient (Wildman–Crippen LogP) is 1.45. The molecule has 1 aliphatic rings. The quantitative estimate of drug-likeness (QED) is 0.759. The van der Waals surface area contributed by atoms with Crippen LogP contribution in [0.4, 0.5) is 0 Å². The molecule has 2 atom stereocenters. The second-order valence-electron chi connectivity index (χ2n) is 5.46. The Bertz CT molecular complexity index is 497. The van der Waals surface area contributed by atoms with E-state index in [1.807, 2.05) is 30.3 Å². The normalized spacial score (nSPS) is 19.5. The number of carbonyl (C=O) groups excluding carboxylic acids is 1. The van der Waals surface area contributed by atoms with Gasteiger partial charge in [0, 0.05) is 6.04 Å². The maximum absolute atomic E-state index is 12.2. The molecule has 1 amide bonds. The Morgan fingerprint density at radius 1 is 1.30 bits per heavy atom. The topological polar surface area (TPSA) is 92.4 Å². The van der Waals surface area contributed by atoms with E-state index < -0.39 is 23.5 Å². The summed E-state index contributed by atoms with van der Waals surface area (Å²) in [5.74, 6) is -1.74. The van der Waals surface area contributed by atoms with Crippen LogP contribution in [0.15, 0.2) is 30.3 Å². The number of hydrogen-bond acceptors (Lipinski definition) is 3. The molecule has 0 heterocycles. The number of aliphatic carboxylic acids is 1. The summed E-state index contributed by atoms with van der Waals surface area (Å²) in [5, 5.41) is 11.9. The summed E-state index contributed by atoms with van der Waals surface area (Å²) in [7, 11) is 0. The number of carbonyl (C=O) groups is 2. The molecular formula is C15H20N2O3. The highest BCUT2D eigenvalue weighted by atomic mass is 16.4. The molecule has 20 heavy (non-hydrogen) atoms. The van der Waals surface area contributed by atoms with Gasteiger partial charge in [0.2, 0.25) is 5.91 Å². The van der Waals surface area contributed by atoms with Crippen molar-refractivity contribution in [2.24, 2.45) is 11.7 Å². The van der Waals surface area contributed by atoms with Crippen molar-refractivity contribution in [3.63, 3.8) is 0 Å². The minimum absolute atomic E-state index is 0.302. The molecule has 1 aromatic carbocycles. The van der Waals surface area contributed by atoms with E-state index in [0.29, 0.717) is 12.8 Å². The van der Waals surface area contributed by atoms with Gasteiger partial charge in [0.1, 0.15) is 5.54 Å². The first-order valence-corrected chi connectivity index (χ1v) is 6.82. The van der Waals surface area contributed by atoms with Gasteiger partial charge in [-0.1, -0.05) is 37.3 Å². The van der Waals surface area contributed by atoms with Gasteiger partial charge in [-0.2, -0.15) is 0 Å². The van der Waals surface area contributed by atoms with Crippen molar-refractivity contribution in [3.05, 3.63) is 35.9 Å². The largest absolute Gasteiger partial charge is 0.480 e. The van der Waals surface area contributed by atoms with Crippen LogP contribution in [0.3, 0.4) is 0 Å². The lowest BCUT2D eigenvalue weighted by atomic mass is 9.76. The van der Waals surface area contributed by atoms with Crippen molar-refractivity contribution in [2.75, 3.05) is 0 Å². The van der Waals surface area contributed by atoms with Gasteiger partial charge in [0.25, 0.3) is 0 Å². The van der Waals surface area contributed by atoms with Gasteiger partial charge in [-0.3, -0.25) is 4.79 Å². The lowest BCUT2D eigenvalue weighted by Gasteiger charge is -2.39. The van der Waals surface area contributed by atoms with Crippen LogP contribution in [0.5, 0.6) is 0 Å². The Hall–Kier alpha value is -1.88. The lowest BCUT2D eigenvalue weighted by molar-refractivity contribution is -0.152. The Morgan fingerprint density at radius 2 is 1.90 bits per heavy atom. The maximum Gasteiger partial charge on any atom is 0.329 e. The summed E-state index contributed by atoms with van der Waals surface area (Å²) >= 11 is 0. The molecule has 5 heteroatoms. The molecule has 1 saturated carbocycles. The van der Waals surface area contributed by atoms with Crippen molar-refractivity contribution in [3.8, 4) is 0 Å². The van der Waals surface area contributed by atoms with Gasteiger partial charge >= 0.3 is 5.97 Å². The number of nitrogens with two attached hydrogens (primary N) is 1. The van der Waals surface area contributed by atoms with E-state index in [9.17, 15) is 14.7 Å². The van der Waals surface area contributed by atoms with Crippen molar-refractivity contribution in [1.82, 2.24) is 5.32 Å². The fraction of sp³-hybridized carbons (Fsp3) is 0.467. The highest BCUT2D eigenvalue weighted by Crippen LogP contribution is 2.33. The third-order valence-electron chi connectivity index (χ3n) is 4.12. The molecule has 0 aromatic heterocycles. The molecule has 2 unspecified atom stereocenters. The highest BCUT2D eigenvalue weighted by molar-refractivity contribution is 5.89. The first-order chi connectivity index (χ1) is 9.46. The number of benzene rings is 1. The molecule has 5 nitrogen and oxygen atoms in total. The minimum atomic E-state index is -1.08. The third kappa shape index (κ3) is 2.67. The molecule has 1 aromatic rings. The van der Waals surface area contributed by atoms with Crippen molar-refractivity contribution in [2.45, 2.75) is 37.8 Å². The molecule has 0 radical (unpaired) electrons. The second-order valence-corrected chi connectivity index (χ2v) is 5.46. The molecule has 108 valence electrons. The average molecular weight is 276 g/mol. The second kappa shape index (κ2) is 5.63. The van der Waals surface area contributed by atoms with Crippen LogP contribution in [0, 0.1) is 5.92 Å². The van der Waals surface area contributed by atoms with Crippen LogP contribution in [0.25, 0.3) is 0 Å². The Labute approximate surface area is 118 Å². The number of hydrogen-bond donors (Lipinski definition) is 3. The zero-order chi connectivity index (χ0) is 14.8. The number of carboxylic acids is 1. The highest BCUT2D eigenvalue weighted by Gasteiger charge is 2.46. The summed E-state index contributed by atoms with van der Waals surface area (Å²) in [4.78, 5) is 23.5. The first kappa shape index (κ1) is 14.5. The molecule has 1 aliphatic carbocycles. The Morgan fingerprint density at radius 3 is 2.35 bits per heavy atom. The standard InChI is InChI=1S/C15H20N2O3/c1-10(12(16)11-6-3-2-4-7-11)13(18)17-15(14(19)20)8-5-9-15/h2-4,6-7,10,12H,5,8-9,16H2,1H3,(H,17,18)(H,19,20). The van der Waals surface area contributed by atoms with Crippen molar-refractivity contribution in [1.29, 1.82) is 0 Å². The molecule has 0 saturated heterocycles. The summed E-state index contributed by atoms with van der Waals surface area (Å²) in [6, 6.07) is 8.90. The van der Waals surface area contributed by atoms with Gasteiger partial charge in [0.05, 0.1) is 5.92 Å². The van der Waals surface area contributed by atoms with Crippen LogP contribution >= 0.6 is 0 Å². The molecular weight excluding hydrogens is 256 g/mol. The first-order valence-electron chi connectivity index (χ1n) is 6.82. The Balaban J connectivity index is 2.04. The van der Waals surface area contributed by atoms with E-state index in [1.54, 1.807) is 6.92 Å². The van der Waals surface area contributed by atoms with Crippen molar-refractivity contribution < 1.29 is 14.7 Å². The number of rotatable bonds is 5. The fourth-order valence-electron chi connectivity index (χ4n) is 2.40. The SMILES string of the molecule is CC(C(=O)NC1(C(=O)O)CCC1)C(N)c1ccccc1. The summed E-state index contributed by atoms with van der Waals surface area (Å²) < 4.78 is 0. The van der Waals surface area contributed by atoms with Gasteiger partial charge in [-0.05, 0) is 24.8 Å². The molecule has 2 rings (SSSR count). The van der Waals surface area contributed by atoms with E-state index >= 15 is 0 Å². The third-order valence-corrected chi connectivity index (χ3v) is 4.12. The Kier molecular flexibility index (Phi) is 4.09. The maximum atomic E-state index is 12.2. The van der Waals surface area contributed by atoms with Gasteiger partial charge in [0.15, 0.2) is 0 Å². The van der Waals surface area contributed by atoms with E-state index in [2.05, 4.69) is 5.32 Å². The molecule has 0 aliphatic heterocycles. The smallest absolute Gasteiger partial charge is 0.329 e. The van der Waals surface area contributed by atoms with E-state index in [0.717, 1.165) is 12.0 Å². The molecule has 1 fully saturated rings. The lowest BCUT2D eigenvalue weighted by Crippen LogP contribution is -2.60. The minimum Gasteiger partial charge on any atom is -0.480 e. The number of carboxylic acid groups (broad SMARTS) is 1. The monoisotopic (exact) mass is 276 g/mol. The number of nitrogens with one attached hydrogen (secondary N) is 1. The van der Waals surface area contributed by atoms with Gasteiger partial charge < -0.3 is 16.2 Å². The summed E-state index contributed by atoms with van der Waals surface area (Å²) in [6.45, 7) is 1.72. The molecule has 4 N–H and O–H groups in total. The molecule has 0 bridgehead atoms. The van der Waals surface area contributed by atoms with Crippen LogP contribution in [0.2, 0.25) is 0 Å². The van der Waals surface area contributed by atoms with Gasteiger partial charge in [-0.15, -0.1) is 0 Å². The van der Waals surface area contributed by atoms with Crippen LogP contribution in [-0.4, -0.2) is 22.5 Å². The van der Waals surface area contributed by atoms with E-state index in [1.165, 1.54) is 0 Å². The van der Waals surface area contributed by atoms with Crippen LogP contribution in [0.1, 0.15) is 37.8 Å². The zero-order valence-electron chi connectivity index (χ0n) is 11.5. The molecule has 0 spiro atoms. The van der Waals surface area contributed by atoms with Gasteiger partial charge in [-0.25, -0.2) is 4.79 Å².